The lowest BCUT2D eigenvalue weighted by Crippen LogP contribution is -2.00. The van der Waals surface area contributed by atoms with Gasteiger partial charge in [-0.25, -0.2) is 4.39 Å². The molecule has 0 spiro atoms. The van der Waals surface area contributed by atoms with Crippen molar-refractivity contribution in [2.24, 2.45) is 0 Å². The molecule has 0 unspecified atom stereocenters. The molecule has 0 amide bonds. The number of hydrogen-bond donors (Lipinski definition) is 1. The van der Waals surface area contributed by atoms with Crippen molar-refractivity contribution >= 4 is 5.71 Å². The second-order valence-corrected chi connectivity index (χ2v) is 4.25. The first-order valence-electron chi connectivity index (χ1n) is 6.15. The van der Waals surface area contributed by atoms with E-state index in [0.717, 1.165) is 5.57 Å². The normalized spacial score (nSPS) is 11.4. The summed E-state index contributed by atoms with van der Waals surface area (Å²) in [6.07, 6.45) is 5.22. The van der Waals surface area contributed by atoms with Crippen molar-refractivity contribution in [3.8, 4) is 5.75 Å². The Balaban J connectivity index is 2.70. The second kappa shape index (κ2) is 7.24. The van der Waals surface area contributed by atoms with Gasteiger partial charge in [0.2, 0.25) is 0 Å². The van der Waals surface area contributed by atoms with Gasteiger partial charge in [-0.3, -0.25) is 0 Å². The first kappa shape index (κ1) is 15.6. The number of benzene rings is 1. The molecule has 0 heterocycles. The average Bonchev–Trinajstić information content (AvgIpc) is 2.41. The summed E-state index contributed by atoms with van der Waals surface area (Å²) in [7, 11) is 0. The minimum absolute atomic E-state index is 0.315. The Hall–Kier alpha value is -2.42. The zero-order valence-electron chi connectivity index (χ0n) is 11.7. The van der Waals surface area contributed by atoms with Gasteiger partial charge in [-0.15, -0.1) is 0 Å². The van der Waals surface area contributed by atoms with Gasteiger partial charge in [0.15, 0.2) is 0 Å². The Morgan fingerprint density at radius 3 is 2.30 bits per heavy atom. The van der Waals surface area contributed by atoms with E-state index in [1.165, 1.54) is 24.3 Å². The Labute approximate surface area is 119 Å². The van der Waals surface area contributed by atoms with Crippen molar-refractivity contribution in [2.45, 2.75) is 13.8 Å². The fourth-order valence-corrected chi connectivity index (χ4v) is 1.44. The quantitative estimate of drug-likeness (QED) is 0.449. The molecular weight excluding hydrogens is 253 g/mol. The lowest BCUT2D eigenvalue weighted by atomic mass is 10.0. The Morgan fingerprint density at radius 2 is 1.80 bits per heavy atom. The van der Waals surface area contributed by atoms with Gasteiger partial charge >= 0.3 is 0 Å². The molecular formula is C17H18FNO. The van der Waals surface area contributed by atoms with Gasteiger partial charge in [0.05, 0.1) is 5.71 Å². The van der Waals surface area contributed by atoms with Crippen LogP contribution in [0.1, 0.15) is 13.8 Å². The summed E-state index contributed by atoms with van der Waals surface area (Å²) in [5.41, 5.74) is 1.80. The first-order chi connectivity index (χ1) is 9.43. The summed E-state index contributed by atoms with van der Waals surface area (Å²) in [6.45, 7) is 11.1. The van der Waals surface area contributed by atoms with Crippen molar-refractivity contribution in [2.75, 3.05) is 0 Å². The van der Waals surface area contributed by atoms with E-state index in [1.54, 1.807) is 19.1 Å². The van der Waals surface area contributed by atoms with Crippen LogP contribution in [0.3, 0.4) is 0 Å². The van der Waals surface area contributed by atoms with Gasteiger partial charge in [0.1, 0.15) is 17.3 Å². The lowest BCUT2D eigenvalue weighted by Gasteiger charge is -2.06. The molecule has 0 aliphatic heterocycles. The number of halogens is 1. The molecule has 1 aromatic carbocycles. The minimum Gasteiger partial charge on any atom is -0.458 e. The van der Waals surface area contributed by atoms with Crippen molar-refractivity contribution in [1.29, 1.82) is 5.41 Å². The van der Waals surface area contributed by atoms with Crippen LogP contribution in [0.4, 0.5) is 4.39 Å². The maximum absolute atomic E-state index is 12.8. The van der Waals surface area contributed by atoms with Crippen molar-refractivity contribution in [3.05, 3.63) is 78.4 Å². The van der Waals surface area contributed by atoms with E-state index >= 15 is 0 Å². The maximum Gasteiger partial charge on any atom is 0.127 e. The third kappa shape index (κ3) is 4.69. The van der Waals surface area contributed by atoms with Gasteiger partial charge in [-0.2, -0.15) is 0 Å². The molecule has 0 saturated heterocycles. The molecule has 0 bridgehead atoms. The SMILES string of the molecule is C=C(/C=C\C(=C/C)C(=N)C(=C)C)Oc1ccc(F)cc1. The summed E-state index contributed by atoms with van der Waals surface area (Å²) in [4.78, 5) is 0. The fraction of sp³-hybridized carbons (Fsp3) is 0.118. The van der Waals surface area contributed by atoms with Gasteiger partial charge in [-0.05, 0) is 61.4 Å². The molecule has 0 atom stereocenters. The molecule has 20 heavy (non-hydrogen) atoms. The molecule has 0 saturated carbocycles. The largest absolute Gasteiger partial charge is 0.458 e. The van der Waals surface area contributed by atoms with Crippen LogP contribution in [-0.4, -0.2) is 5.71 Å². The number of rotatable bonds is 6. The van der Waals surface area contributed by atoms with Crippen LogP contribution >= 0.6 is 0 Å². The monoisotopic (exact) mass is 271 g/mol. The van der Waals surface area contributed by atoms with Gasteiger partial charge in [-0.1, -0.05) is 19.2 Å². The number of nitrogens with one attached hydrogen (secondary N) is 1. The van der Waals surface area contributed by atoms with E-state index < -0.39 is 0 Å². The molecule has 0 fully saturated rings. The van der Waals surface area contributed by atoms with Crippen molar-refractivity contribution in [3.63, 3.8) is 0 Å². The smallest absolute Gasteiger partial charge is 0.127 e. The van der Waals surface area contributed by atoms with Crippen LogP contribution in [0, 0.1) is 11.2 Å². The highest BCUT2D eigenvalue weighted by Gasteiger charge is 2.02. The molecule has 104 valence electrons. The highest BCUT2D eigenvalue weighted by molar-refractivity contribution is 6.11. The van der Waals surface area contributed by atoms with Crippen LogP contribution in [0.2, 0.25) is 0 Å². The zero-order chi connectivity index (χ0) is 15.1. The Bertz CT molecular complexity index is 580. The lowest BCUT2D eigenvalue weighted by molar-refractivity contribution is 0.445. The van der Waals surface area contributed by atoms with Crippen LogP contribution in [-0.2, 0) is 0 Å². The maximum atomic E-state index is 12.8. The number of ether oxygens (including phenoxy) is 1. The van der Waals surface area contributed by atoms with E-state index in [2.05, 4.69) is 13.2 Å². The van der Waals surface area contributed by atoms with E-state index in [1.807, 2.05) is 13.0 Å². The first-order valence-corrected chi connectivity index (χ1v) is 6.15. The number of hydrogen-bond acceptors (Lipinski definition) is 2. The molecule has 0 radical (unpaired) electrons. The summed E-state index contributed by atoms with van der Waals surface area (Å²) in [5, 5.41) is 7.86. The third-order valence-corrected chi connectivity index (χ3v) is 2.54. The molecule has 2 nitrogen and oxygen atoms in total. The van der Waals surface area contributed by atoms with Gasteiger partial charge in [0, 0.05) is 0 Å². The Kier molecular flexibility index (Phi) is 5.66. The molecule has 3 heteroatoms. The second-order valence-electron chi connectivity index (χ2n) is 4.25. The van der Waals surface area contributed by atoms with E-state index in [0.29, 0.717) is 22.8 Å². The predicted octanol–water partition coefficient (Wildman–Crippen LogP) is 4.82. The molecule has 1 aromatic rings. The van der Waals surface area contributed by atoms with Crippen LogP contribution < -0.4 is 4.74 Å². The average molecular weight is 271 g/mol. The molecule has 0 aliphatic rings. The summed E-state index contributed by atoms with van der Waals surface area (Å²) >= 11 is 0. The minimum atomic E-state index is -0.315. The standard InChI is InChI=1S/C17H18FNO/c1-5-14(17(19)12(2)3)7-6-13(4)20-16-10-8-15(18)9-11-16/h5-11,19H,2,4H2,1,3H3/b7-6-,14-5+,19-17?. The summed E-state index contributed by atoms with van der Waals surface area (Å²) < 4.78 is 18.2. The zero-order valence-corrected chi connectivity index (χ0v) is 11.7. The molecule has 1 N–H and O–H groups in total. The van der Waals surface area contributed by atoms with E-state index in [-0.39, 0.29) is 5.82 Å². The van der Waals surface area contributed by atoms with Crippen molar-refractivity contribution in [1.82, 2.24) is 0 Å². The van der Waals surface area contributed by atoms with E-state index in [4.69, 9.17) is 10.1 Å². The highest BCUT2D eigenvalue weighted by atomic mass is 19.1. The van der Waals surface area contributed by atoms with Crippen LogP contribution in [0.5, 0.6) is 5.75 Å². The third-order valence-electron chi connectivity index (χ3n) is 2.54. The topological polar surface area (TPSA) is 33.1 Å². The highest BCUT2D eigenvalue weighted by Crippen LogP contribution is 2.15. The Morgan fingerprint density at radius 1 is 1.20 bits per heavy atom. The van der Waals surface area contributed by atoms with Gasteiger partial charge in [0.25, 0.3) is 0 Å². The van der Waals surface area contributed by atoms with Crippen LogP contribution in [0.15, 0.2) is 72.6 Å². The van der Waals surface area contributed by atoms with E-state index in [9.17, 15) is 4.39 Å². The predicted molar refractivity (Wildman–Crippen MR) is 81.6 cm³/mol. The molecule has 0 aromatic heterocycles. The van der Waals surface area contributed by atoms with Gasteiger partial charge < -0.3 is 10.1 Å². The number of allylic oxidation sites excluding steroid dienone is 5. The molecule has 0 aliphatic carbocycles. The van der Waals surface area contributed by atoms with Crippen molar-refractivity contribution < 1.29 is 9.13 Å². The fourth-order valence-electron chi connectivity index (χ4n) is 1.44. The van der Waals surface area contributed by atoms with Crippen LogP contribution in [0.25, 0.3) is 0 Å². The summed E-state index contributed by atoms with van der Waals surface area (Å²) in [6, 6.07) is 5.70. The summed E-state index contributed by atoms with van der Waals surface area (Å²) in [5.74, 6) is 0.605. The molecule has 1 rings (SSSR count).